The Bertz CT molecular complexity index is 1290. The summed E-state index contributed by atoms with van der Waals surface area (Å²) in [5.74, 6) is -0.132. The number of H-pyrrole nitrogens is 1. The smallest absolute Gasteiger partial charge is 0.258 e. The van der Waals surface area contributed by atoms with Gasteiger partial charge in [0.25, 0.3) is 11.5 Å². The van der Waals surface area contributed by atoms with Crippen molar-refractivity contribution in [2.24, 2.45) is 0 Å². The van der Waals surface area contributed by atoms with Gasteiger partial charge in [-0.25, -0.2) is 0 Å². The van der Waals surface area contributed by atoms with Crippen LogP contribution in [0, 0.1) is 20.8 Å². The number of carbonyl (C=O) groups is 1. The van der Waals surface area contributed by atoms with Crippen molar-refractivity contribution in [2.45, 2.75) is 27.3 Å². The van der Waals surface area contributed by atoms with Crippen LogP contribution in [0.15, 0.2) is 77.6 Å². The molecule has 150 valence electrons. The Balaban J connectivity index is 1.80. The van der Waals surface area contributed by atoms with Crippen LogP contribution in [0.2, 0.25) is 0 Å². The number of aromatic amines is 1. The number of hydrogen-bond acceptors (Lipinski definition) is 2. The van der Waals surface area contributed by atoms with Gasteiger partial charge < -0.3 is 9.88 Å². The Kier molecular flexibility index (Phi) is 5.23. The van der Waals surface area contributed by atoms with E-state index in [1.165, 1.54) is 0 Å². The molecule has 0 atom stereocenters. The SMILES string of the molecule is Cc1ccc(C(=O)N(Cc2cc3ccc(C)cc3[nH]c2=O)c2ccccc2C)cc1. The molecule has 4 nitrogen and oxygen atoms in total. The van der Waals surface area contributed by atoms with E-state index in [1.54, 1.807) is 4.90 Å². The zero-order valence-electron chi connectivity index (χ0n) is 17.4. The third-order valence-electron chi connectivity index (χ3n) is 5.36. The molecule has 4 rings (SSSR count). The zero-order valence-corrected chi connectivity index (χ0v) is 17.4. The summed E-state index contributed by atoms with van der Waals surface area (Å²) in [7, 11) is 0. The minimum atomic E-state index is -0.177. The highest BCUT2D eigenvalue weighted by molar-refractivity contribution is 6.06. The van der Waals surface area contributed by atoms with Crippen LogP contribution in [0.1, 0.15) is 32.6 Å². The average molecular weight is 396 g/mol. The number of amides is 1. The fourth-order valence-electron chi connectivity index (χ4n) is 3.63. The van der Waals surface area contributed by atoms with Gasteiger partial charge in [0, 0.05) is 22.3 Å². The highest BCUT2D eigenvalue weighted by Crippen LogP contribution is 2.24. The Labute approximate surface area is 175 Å². The van der Waals surface area contributed by atoms with Crippen molar-refractivity contribution in [1.82, 2.24) is 4.98 Å². The van der Waals surface area contributed by atoms with Crippen LogP contribution < -0.4 is 10.5 Å². The molecule has 1 aromatic heterocycles. The molecule has 0 spiro atoms. The number of aromatic nitrogens is 1. The summed E-state index contributed by atoms with van der Waals surface area (Å²) in [5.41, 5.74) is 5.72. The third kappa shape index (κ3) is 3.90. The van der Waals surface area contributed by atoms with Crippen LogP contribution in [0.4, 0.5) is 5.69 Å². The van der Waals surface area contributed by atoms with Gasteiger partial charge in [-0.05, 0) is 67.6 Å². The lowest BCUT2D eigenvalue weighted by Gasteiger charge is -2.25. The second kappa shape index (κ2) is 7.99. The van der Waals surface area contributed by atoms with E-state index in [0.29, 0.717) is 11.1 Å². The molecule has 0 unspecified atom stereocenters. The van der Waals surface area contributed by atoms with Crippen LogP contribution in [0.3, 0.4) is 0 Å². The molecule has 4 heteroatoms. The first kappa shape index (κ1) is 19.6. The molecule has 0 bridgehead atoms. The standard InChI is InChI=1S/C26H24N2O2/c1-17-8-11-20(12-9-17)26(30)28(24-7-5-4-6-19(24)3)16-22-15-21-13-10-18(2)14-23(21)27-25(22)29/h4-15H,16H2,1-3H3,(H,27,29). The first-order valence-corrected chi connectivity index (χ1v) is 9.99. The maximum absolute atomic E-state index is 13.4. The lowest BCUT2D eigenvalue weighted by Crippen LogP contribution is -2.33. The van der Waals surface area contributed by atoms with Gasteiger partial charge in [0.05, 0.1) is 6.54 Å². The van der Waals surface area contributed by atoms with Crippen molar-refractivity contribution in [3.8, 4) is 0 Å². The van der Waals surface area contributed by atoms with Crippen LogP contribution in [0.25, 0.3) is 10.9 Å². The van der Waals surface area contributed by atoms with Crippen LogP contribution >= 0.6 is 0 Å². The number of benzene rings is 3. The van der Waals surface area contributed by atoms with Crippen molar-refractivity contribution in [3.05, 3.63) is 111 Å². The van der Waals surface area contributed by atoms with E-state index >= 15 is 0 Å². The molecular formula is C26H24N2O2. The Hall–Kier alpha value is -3.66. The molecule has 0 radical (unpaired) electrons. The number of hydrogen-bond donors (Lipinski definition) is 1. The highest BCUT2D eigenvalue weighted by atomic mass is 16.2. The first-order chi connectivity index (χ1) is 14.4. The Morgan fingerprint density at radius 2 is 1.57 bits per heavy atom. The van der Waals surface area contributed by atoms with Crippen LogP contribution in [0.5, 0.6) is 0 Å². The van der Waals surface area contributed by atoms with Crippen molar-refractivity contribution < 1.29 is 4.79 Å². The van der Waals surface area contributed by atoms with Gasteiger partial charge in [-0.2, -0.15) is 0 Å². The van der Waals surface area contributed by atoms with Crippen molar-refractivity contribution >= 4 is 22.5 Å². The van der Waals surface area contributed by atoms with Crippen molar-refractivity contribution in [2.75, 3.05) is 4.90 Å². The summed E-state index contributed by atoms with van der Waals surface area (Å²) in [6.07, 6.45) is 0. The van der Waals surface area contributed by atoms with Gasteiger partial charge in [-0.3, -0.25) is 9.59 Å². The molecule has 0 aliphatic carbocycles. The predicted octanol–water partition coefficient (Wildman–Crippen LogP) is 5.30. The second-order valence-electron chi connectivity index (χ2n) is 7.76. The summed E-state index contributed by atoms with van der Waals surface area (Å²) in [6, 6.07) is 23.1. The minimum Gasteiger partial charge on any atom is -0.322 e. The quantitative estimate of drug-likeness (QED) is 0.509. The summed E-state index contributed by atoms with van der Waals surface area (Å²) >= 11 is 0. The Morgan fingerprint density at radius 3 is 2.30 bits per heavy atom. The largest absolute Gasteiger partial charge is 0.322 e. The lowest BCUT2D eigenvalue weighted by atomic mass is 10.1. The Morgan fingerprint density at radius 1 is 0.867 bits per heavy atom. The molecule has 0 saturated heterocycles. The van der Waals surface area contributed by atoms with Gasteiger partial charge in [-0.15, -0.1) is 0 Å². The summed E-state index contributed by atoms with van der Waals surface area (Å²) < 4.78 is 0. The van der Waals surface area contributed by atoms with E-state index in [2.05, 4.69) is 4.98 Å². The normalized spacial score (nSPS) is 10.9. The number of para-hydroxylation sites is 1. The fraction of sp³-hybridized carbons (Fsp3) is 0.154. The molecule has 4 aromatic rings. The molecule has 0 aliphatic heterocycles. The van der Waals surface area contributed by atoms with Gasteiger partial charge >= 0.3 is 0 Å². The predicted molar refractivity (Wildman–Crippen MR) is 122 cm³/mol. The van der Waals surface area contributed by atoms with Gasteiger partial charge in [0.2, 0.25) is 0 Å². The topological polar surface area (TPSA) is 53.2 Å². The first-order valence-electron chi connectivity index (χ1n) is 9.99. The molecule has 1 heterocycles. The number of rotatable bonds is 4. The van der Waals surface area contributed by atoms with Crippen LogP contribution in [-0.2, 0) is 6.54 Å². The van der Waals surface area contributed by atoms with Gasteiger partial charge in [-0.1, -0.05) is 48.0 Å². The van der Waals surface area contributed by atoms with Crippen molar-refractivity contribution in [3.63, 3.8) is 0 Å². The highest BCUT2D eigenvalue weighted by Gasteiger charge is 2.21. The number of aryl methyl sites for hydroxylation is 3. The van der Waals surface area contributed by atoms with Crippen molar-refractivity contribution in [1.29, 1.82) is 0 Å². The van der Waals surface area contributed by atoms with E-state index in [0.717, 1.165) is 33.3 Å². The molecule has 30 heavy (non-hydrogen) atoms. The summed E-state index contributed by atoms with van der Waals surface area (Å²) in [6.45, 7) is 6.14. The number of pyridine rings is 1. The van der Waals surface area contributed by atoms with E-state index in [9.17, 15) is 9.59 Å². The average Bonchev–Trinajstić information content (AvgIpc) is 2.73. The zero-order chi connectivity index (χ0) is 21.3. The number of carbonyl (C=O) groups excluding carboxylic acids is 1. The maximum atomic E-state index is 13.4. The van der Waals surface area contributed by atoms with E-state index < -0.39 is 0 Å². The number of nitrogens with zero attached hydrogens (tertiary/aromatic N) is 1. The van der Waals surface area contributed by atoms with E-state index in [1.807, 2.05) is 93.6 Å². The number of nitrogens with one attached hydrogen (secondary N) is 1. The summed E-state index contributed by atoms with van der Waals surface area (Å²) in [4.78, 5) is 30.9. The lowest BCUT2D eigenvalue weighted by molar-refractivity contribution is 0.0985. The molecule has 1 amide bonds. The molecule has 0 aliphatic rings. The molecule has 0 fully saturated rings. The number of fused-ring (bicyclic) bond motifs is 1. The maximum Gasteiger partial charge on any atom is 0.258 e. The molecule has 0 saturated carbocycles. The number of anilines is 1. The van der Waals surface area contributed by atoms with Gasteiger partial charge in [0.15, 0.2) is 0 Å². The van der Waals surface area contributed by atoms with Crippen LogP contribution in [-0.4, -0.2) is 10.9 Å². The third-order valence-corrected chi connectivity index (χ3v) is 5.36. The molecule has 3 aromatic carbocycles. The van der Waals surface area contributed by atoms with E-state index in [4.69, 9.17) is 0 Å². The second-order valence-corrected chi connectivity index (χ2v) is 7.76. The minimum absolute atomic E-state index is 0.132. The molecular weight excluding hydrogens is 372 g/mol. The van der Waals surface area contributed by atoms with E-state index in [-0.39, 0.29) is 18.0 Å². The fourth-order valence-corrected chi connectivity index (χ4v) is 3.63. The molecule has 1 N–H and O–H groups in total. The monoisotopic (exact) mass is 396 g/mol. The van der Waals surface area contributed by atoms with Gasteiger partial charge in [0.1, 0.15) is 0 Å². The summed E-state index contributed by atoms with van der Waals surface area (Å²) in [5, 5.41) is 0.947.